The molecule has 31 heavy (non-hydrogen) atoms. The monoisotopic (exact) mass is 421 g/mol. The third-order valence-corrected chi connectivity index (χ3v) is 5.27. The highest BCUT2D eigenvalue weighted by atomic mass is 16.5. The van der Waals surface area contributed by atoms with Gasteiger partial charge in [-0.25, -0.2) is 0 Å². The van der Waals surface area contributed by atoms with Crippen molar-refractivity contribution in [3.63, 3.8) is 0 Å². The SMILES string of the molecule is C=CCOc1cccc(C2/C(=C(\O)c3cc(C)ccc3C)C(=O)C(=O)N2CCOC)c1. The number of likely N-dealkylation sites (tertiary alicyclic amines) is 1. The molecular weight excluding hydrogens is 394 g/mol. The fraction of sp³-hybridized carbons (Fsp3) is 0.280. The van der Waals surface area contributed by atoms with E-state index in [1.165, 1.54) is 12.0 Å². The molecule has 1 fully saturated rings. The summed E-state index contributed by atoms with van der Waals surface area (Å²) in [6.45, 7) is 8.22. The number of aryl methyl sites for hydroxylation is 2. The van der Waals surface area contributed by atoms with Crippen molar-refractivity contribution in [1.29, 1.82) is 0 Å². The van der Waals surface area contributed by atoms with Crippen molar-refractivity contribution in [2.75, 3.05) is 26.9 Å². The lowest BCUT2D eigenvalue weighted by atomic mass is 9.93. The first-order valence-electron chi connectivity index (χ1n) is 10.1. The van der Waals surface area contributed by atoms with Gasteiger partial charge in [-0.1, -0.05) is 42.5 Å². The molecule has 3 rings (SSSR count). The summed E-state index contributed by atoms with van der Waals surface area (Å²) in [5.74, 6) is -0.966. The van der Waals surface area contributed by atoms with Gasteiger partial charge in [-0.15, -0.1) is 0 Å². The fourth-order valence-corrected chi connectivity index (χ4v) is 3.71. The number of aliphatic hydroxyl groups excluding tert-OH is 1. The van der Waals surface area contributed by atoms with Gasteiger partial charge < -0.3 is 19.5 Å². The lowest BCUT2D eigenvalue weighted by Gasteiger charge is -2.25. The van der Waals surface area contributed by atoms with Gasteiger partial charge in [0.2, 0.25) is 0 Å². The minimum Gasteiger partial charge on any atom is -0.507 e. The first kappa shape index (κ1) is 22.3. The Kier molecular flexibility index (Phi) is 6.92. The molecule has 1 N–H and O–H groups in total. The molecule has 0 saturated carbocycles. The lowest BCUT2D eigenvalue weighted by molar-refractivity contribution is -0.140. The smallest absolute Gasteiger partial charge is 0.295 e. The van der Waals surface area contributed by atoms with Crippen LogP contribution in [0.3, 0.4) is 0 Å². The number of ketones is 1. The van der Waals surface area contributed by atoms with Crippen molar-refractivity contribution < 1.29 is 24.2 Å². The van der Waals surface area contributed by atoms with Crippen LogP contribution in [-0.2, 0) is 14.3 Å². The second-order valence-corrected chi connectivity index (χ2v) is 7.48. The molecule has 0 spiro atoms. The zero-order valence-electron chi connectivity index (χ0n) is 18.1. The fourth-order valence-electron chi connectivity index (χ4n) is 3.71. The minimum absolute atomic E-state index is 0.0654. The van der Waals surface area contributed by atoms with Crippen molar-refractivity contribution in [1.82, 2.24) is 4.90 Å². The number of aliphatic hydroxyl groups is 1. The molecule has 2 aromatic rings. The van der Waals surface area contributed by atoms with Crippen LogP contribution >= 0.6 is 0 Å². The van der Waals surface area contributed by atoms with Crippen LogP contribution < -0.4 is 4.74 Å². The zero-order valence-corrected chi connectivity index (χ0v) is 18.1. The number of carbonyl (C=O) groups is 2. The molecule has 1 unspecified atom stereocenters. The maximum Gasteiger partial charge on any atom is 0.295 e. The Labute approximate surface area is 182 Å². The van der Waals surface area contributed by atoms with E-state index in [0.717, 1.165) is 11.1 Å². The van der Waals surface area contributed by atoms with Crippen molar-refractivity contribution >= 4 is 17.4 Å². The Balaban J connectivity index is 2.18. The first-order chi connectivity index (χ1) is 14.9. The highest BCUT2D eigenvalue weighted by molar-refractivity contribution is 6.46. The number of methoxy groups -OCH3 is 1. The van der Waals surface area contributed by atoms with Gasteiger partial charge in [0.25, 0.3) is 11.7 Å². The third-order valence-electron chi connectivity index (χ3n) is 5.27. The van der Waals surface area contributed by atoms with E-state index in [1.807, 2.05) is 38.1 Å². The Morgan fingerprint density at radius 1 is 1.19 bits per heavy atom. The Hall–Kier alpha value is -3.38. The molecular formula is C25H27NO5. The number of ether oxygens (including phenoxy) is 2. The lowest BCUT2D eigenvalue weighted by Crippen LogP contribution is -2.32. The molecule has 2 aromatic carbocycles. The van der Waals surface area contributed by atoms with Crippen LogP contribution in [-0.4, -0.2) is 48.6 Å². The molecule has 1 aliphatic heterocycles. The summed E-state index contributed by atoms with van der Waals surface area (Å²) in [5.41, 5.74) is 3.03. The molecule has 6 heteroatoms. The summed E-state index contributed by atoms with van der Waals surface area (Å²) < 4.78 is 10.8. The molecule has 1 saturated heterocycles. The molecule has 1 amide bonds. The molecule has 6 nitrogen and oxygen atoms in total. The van der Waals surface area contributed by atoms with Crippen molar-refractivity contribution in [3.05, 3.63) is 82.9 Å². The number of amides is 1. The molecule has 1 aliphatic rings. The molecule has 0 radical (unpaired) electrons. The molecule has 162 valence electrons. The van der Waals surface area contributed by atoms with Crippen LogP contribution in [0.25, 0.3) is 5.76 Å². The van der Waals surface area contributed by atoms with E-state index >= 15 is 0 Å². The van der Waals surface area contributed by atoms with Gasteiger partial charge in [0.1, 0.15) is 18.1 Å². The maximum atomic E-state index is 13.0. The van der Waals surface area contributed by atoms with Crippen molar-refractivity contribution in [2.45, 2.75) is 19.9 Å². The first-order valence-corrected chi connectivity index (χ1v) is 10.1. The summed E-state index contributed by atoms with van der Waals surface area (Å²) in [4.78, 5) is 27.4. The van der Waals surface area contributed by atoms with Gasteiger partial charge in [-0.3, -0.25) is 9.59 Å². The highest BCUT2D eigenvalue weighted by Crippen LogP contribution is 2.40. The number of rotatable bonds is 8. The van der Waals surface area contributed by atoms with E-state index in [9.17, 15) is 14.7 Å². The van der Waals surface area contributed by atoms with Gasteiger partial charge in [-0.2, -0.15) is 0 Å². The number of hydrogen-bond donors (Lipinski definition) is 1. The Morgan fingerprint density at radius 3 is 2.68 bits per heavy atom. The number of Topliss-reactive ketones (excluding diaryl/α,β-unsaturated/α-hetero) is 1. The highest BCUT2D eigenvalue weighted by Gasteiger charge is 2.46. The molecule has 0 aliphatic carbocycles. The van der Waals surface area contributed by atoms with E-state index < -0.39 is 17.7 Å². The van der Waals surface area contributed by atoms with E-state index in [0.29, 0.717) is 23.5 Å². The van der Waals surface area contributed by atoms with Crippen LogP contribution in [0.15, 0.2) is 60.7 Å². The van der Waals surface area contributed by atoms with Gasteiger partial charge >= 0.3 is 0 Å². The summed E-state index contributed by atoms with van der Waals surface area (Å²) in [7, 11) is 1.53. The summed E-state index contributed by atoms with van der Waals surface area (Å²) >= 11 is 0. The second-order valence-electron chi connectivity index (χ2n) is 7.48. The molecule has 1 heterocycles. The normalized spacial score (nSPS) is 17.8. The number of nitrogens with zero attached hydrogens (tertiary/aromatic N) is 1. The van der Waals surface area contributed by atoms with Crippen molar-refractivity contribution in [2.24, 2.45) is 0 Å². The number of benzene rings is 2. The quantitative estimate of drug-likeness (QED) is 0.302. The van der Waals surface area contributed by atoms with Crippen LogP contribution in [0.2, 0.25) is 0 Å². The molecule has 1 atom stereocenters. The summed E-state index contributed by atoms with van der Waals surface area (Å²) in [5, 5.41) is 11.2. The van der Waals surface area contributed by atoms with Gasteiger partial charge in [-0.05, 0) is 43.2 Å². The largest absolute Gasteiger partial charge is 0.507 e. The van der Waals surface area contributed by atoms with E-state index in [1.54, 1.807) is 24.3 Å². The van der Waals surface area contributed by atoms with Gasteiger partial charge in [0.05, 0.1) is 18.2 Å². The predicted molar refractivity (Wildman–Crippen MR) is 119 cm³/mol. The maximum absolute atomic E-state index is 13.0. The standard InChI is InChI=1S/C25H27NO5/c1-5-12-31-19-8-6-7-18(15-19)22-21(24(28)25(29)26(22)11-13-30-4)23(27)20-14-16(2)9-10-17(20)3/h5-10,14-15,22,27H,1,11-13H2,2-4H3/b23-21+. The Bertz CT molecular complexity index is 1040. The Morgan fingerprint density at radius 2 is 1.97 bits per heavy atom. The van der Waals surface area contributed by atoms with Crippen LogP contribution in [0.4, 0.5) is 0 Å². The average Bonchev–Trinajstić information content (AvgIpc) is 3.02. The van der Waals surface area contributed by atoms with Crippen LogP contribution in [0, 0.1) is 13.8 Å². The van der Waals surface area contributed by atoms with E-state index in [2.05, 4.69) is 6.58 Å². The van der Waals surface area contributed by atoms with E-state index in [4.69, 9.17) is 9.47 Å². The predicted octanol–water partition coefficient (Wildman–Crippen LogP) is 3.94. The third kappa shape index (κ3) is 4.54. The van der Waals surface area contributed by atoms with Crippen molar-refractivity contribution in [3.8, 4) is 5.75 Å². The zero-order chi connectivity index (χ0) is 22.5. The van der Waals surface area contributed by atoms with Crippen LogP contribution in [0.5, 0.6) is 5.75 Å². The summed E-state index contributed by atoms with van der Waals surface area (Å²) in [6, 6.07) is 12.0. The van der Waals surface area contributed by atoms with Gasteiger partial charge in [0, 0.05) is 19.2 Å². The number of carbonyl (C=O) groups excluding carboxylic acids is 2. The summed E-state index contributed by atoms with van der Waals surface area (Å²) in [6.07, 6.45) is 1.64. The number of hydrogen-bond acceptors (Lipinski definition) is 5. The topological polar surface area (TPSA) is 76.1 Å². The molecule has 0 bridgehead atoms. The average molecular weight is 421 g/mol. The van der Waals surface area contributed by atoms with Crippen LogP contribution in [0.1, 0.15) is 28.3 Å². The molecule has 0 aromatic heterocycles. The second kappa shape index (κ2) is 9.62. The van der Waals surface area contributed by atoms with Gasteiger partial charge in [0.15, 0.2) is 0 Å². The minimum atomic E-state index is -0.748. The van der Waals surface area contributed by atoms with E-state index in [-0.39, 0.29) is 24.5 Å².